The van der Waals surface area contributed by atoms with Crippen LogP contribution in [0.2, 0.25) is 0 Å². The van der Waals surface area contributed by atoms with Crippen molar-refractivity contribution in [2.24, 2.45) is 0 Å². The molecule has 0 saturated heterocycles. The minimum absolute atomic E-state index is 0.235. The molecule has 3 rings (SSSR count). The zero-order valence-corrected chi connectivity index (χ0v) is 20.6. The number of hydrogen-bond donors (Lipinski definition) is 1. The molecule has 1 heterocycles. The predicted molar refractivity (Wildman–Crippen MR) is 124 cm³/mol. The van der Waals surface area contributed by atoms with E-state index in [1.54, 1.807) is 6.07 Å². The van der Waals surface area contributed by atoms with Gasteiger partial charge in [-0.15, -0.1) is 11.3 Å². The van der Waals surface area contributed by atoms with Gasteiger partial charge in [-0.3, -0.25) is 4.57 Å². The summed E-state index contributed by atoms with van der Waals surface area (Å²) in [5.74, 6) is -1.13. The van der Waals surface area contributed by atoms with Crippen molar-refractivity contribution in [3.05, 3.63) is 63.2 Å². The van der Waals surface area contributed by atoms with Gasteiger partial charge in [0.25, 0.3) is 0 Å². The molecule has 0 saturated carbocycles. The molecule has 4 nitrogen and oxygen atoms in total. The molecule has 0 spiro atoms. The van der Waals surface area contributed by atoms with Gasteiger partial charge in [-0.2, -0.15) is 0 Å². The van der Waals surface area contributed by atoms with Gasteiger partial charge in [0.05, 0.1) is 12.2 Å². The second-order valence-electron chi connectivity index (χ2n) is 7.63. The van der Waals surface area contributed by atoms with E-state index in [9.17, 15) is 14.1 Å². The van der Waals surface area contributed by atoms with E-state index in [0.29, 0.717) is 5.56 Å². The lowest BCUT2D eigenvalue weighted by molar-refractivity contribution is 0.136. The highest BCUT2D eigenvalue weighted by molar-refractivity contribution is 9.10. The number of benzene rings is 2. The van der Waals surface area contributed by atoms with Crippen molar-refractivity contribution in [1.29, 1.82) is 0 Å². The molecule has 3 aromatic rings. The summed E-state index contributed by atoms with van der Waals surface area (Å²) in [5.41, 5.74) is -0.0439. The van der Waals surface area contributed by atoms with Gasteiger partial charge in [0.2, 0.25) is 0 Å². The van der Waals surface area contributed by atoms with Crippen molar-refractivity contribution >= 4 is 44.9 Å². The third-order valence-corrected chi connectivity index (χ3v) is 9.61. The highest BCUT2D eigenvalue weighted by atomic mass is 79.9. The first kappa shape index (κ1) is 23.4. The lowest BCUT2D eigenvalue weighted by Gasteiger charge is -2.30. The number of fused-ring (bicyclic) bond motifs is 1. The Morgan fingerprint density at radius 2 is 1.73 bits per heavy atom. The molecule has 0 bridgehead atoms. The maximum absolute atomic E-state index is 14.1. The van der Waals surface area contributed by atoms with E-state index >= 15 is 0 Å². The lowest BCUT2D eigenvalue weighted by atomic mass is 10.1. The molecule has 0 aliphatic rings. The van der Waals surface area contributed by atoms with E-state index in [0.717, 1.165) is 19.4 Å². The monoisotopic (exact) mass is 514 g/mol. The first-order chi connectivity index (χ1) is 14.1. The van der Waals surface area contributed by atoms with Gasteiger partial charge < -0.3 is 14.2 Å². The summed E-state index contributed by atoms with van der Waals surface area (Å²) >= 11 is 5.20. The topological polar surface area (TPSA) is 55.8 Å². The minimum atomic E-state index is -3.64. The first-order valence-electron chi connectivity index (χ1n) is 9.71. The quantitative estimate of drug-likeness (QED) is 0.311. The van der Waals surface area contributed by atoms with Crippen LogP contribution in [0.3, 0.4) is 0 Å². The first-order valence-corrected chi connectivity index (χ1v) is 12.9. The number of phenols is 1. The smallest absolute Gasteiger partial charge is 0.339 e. The van der Waals surface area contributed by atoms with Crippen molar-refractivity contribution in [3.8, 4) is 5.75 Å². The van der Waals surface area contributed by atoms with Crippen molar-refractivity contribution in [2.45, 2.75) is 52.0 Å². The zero-order chi connectivity index (χ0) is 22.1. The molecule has 0 radical (unpaired) electrons. The van der Waals surface area contributed by atoms with Gasteiger partial charge in [-0.25, -0.2) is 4.39 Å². The lowest BCUT2D eigenvalue weighted by Crippen LogP contribution is -2.15. The van der Waals surface area contributed by atoms with Crippen LogP contribution >= 0.6 is 34.9 Å². The summed E-state index contributed by atoms with van der Waals surface area (Å²) in [6.07, 6.45) is -0.400. The van der Waals surface area contributed by atoms with E-state index in [4.69, 9.17) is 9.05 Å². The summed E-state index contributed by atoms with van der Waals surface area (Å²) in [6.45, 7) is 7.25. The Labute approximate surface area is 188 Å². The fourth-order valence-electron chi connectivity index (χ4n) is 3.26. The number of phenolic OH excluding ortho intramolecular Hbond substituents is 1. The Kier molecular flexibility index (Phi) is 7.41. The number of halogens is 2. The van der Waals surface area contributed by atoms with E-state index in [1.165, 1.54) is 23.5 Å². The van der Waals surface area contributed by atoms with E-state index < -0.39 is 24.8 Å². The van der Waals surface area contributed by atoms with Gasteiger partial charge in [0, 0.05) is 19.4 Å². The Bertz CT molecular complexity index is 1070. The largest absolute Gasteiger partial charge is 0.505 e. The van der Waals surface area contributed by atoms with Gasteiger partial charge in [0.15, 0.2) is 11.6 Å². The Hall–Kier alpha value is -1.24. The Balaban J connectivity index is 2.16. The van der Waals surface area contributed by atoms with Crippen molar-refractivity contribution in [1.82, 2.24) is 0 Å². The number of hydrogen-bond acceptors (Lipinski definition) is 5. The highest BCUT2D eigenvalue weighted by Crippen LogP contribution is 2.66. The minimum Gasteiger partial charge on any atom is -0.505 e. The molecule has 0 amide bonds. The Morgan fingerprint density at radius 3 is 2.30 bits per heavy atom. The van der Waals surface area contributed by atoms with Crippen molar-refractivity contribution < 1.29 is 23.1 Å². The zero-order valence-electron chi connectivity index (χ0n) is 17.3. The van der Waals surface area contributed by atoms with Gasteiger partial charge in [0.1, 0.15) is 5.66 Å². The van der Waals surface area contributed by atoms with Gasteiger partial charge in [-0.1, -0.05) is 24.3 Å². The molecule has 1 atom stereocenters. The van der Waals surface area contributed by atoms with Crippen LogP contribution in [0, 0.1) is 5.82 Å². The molecule has 8 heteroatoms. The summed E-state index contributed by atoms with van der Waals surface area (Å²) in [6, 6.07) is 12.1. The third-order valence-electron chi connectivity index (χ3n) is 4.40. The van der Waals surface area contributed by atoms with Crippen LogP contribution in [-0.4, -0.2) is 17.3 Å². The average molecular weight is 515 g/mol. The Morgan fingerprint density at radius 1 is 1.10 bits per heavy atom. The van der Waals surface area contributed by atoms with E-state index in [1.807, 2.05) is 52.0 Å². The molecule has 1 aromatic heterocycles. The highest BCUT2D eigenvalue weighted by Gasteiger charge is 2.41. The van der Waals surface area contributed by atoms with Crippen LogP contribution in [0.5, 0.6) is 5.75 Å². The molecule has 30 heavy (non-hydrogen) atoms. The predicted octanol–water partition coefficient (Wildman–Crippen LogP) is 7.84. The molecule has 2 aromatic carbocycles. The fraction of sp³-hybridized carbons (Fsp3) is 0.364. The van der Waals surface area contributed by atoms with Gasteiger partial charge in [-0.05, 0) is 73.8 Å². The average Bonchev–Trinajstić information content (AvgIpc) is 2.98. The van der Waals surface area contributed by atoms with E-state index in [-0.39, 0.29) is 18.6 Å². The standard InChI is InChI=1S/C22H25BrFO4PS/c1-13(2)27-29(26,28-14(3)4)19(12-15-9-10-18(25)17(24)11-15)22-21(23)16-7-5-6-8-20(16)30-22/h5-11,13-14,19,25H,12H2,1-4H3. The molecule has 0 aliphatic carbocycles. The molecule has 1 N–H and O–H groups in total. The van der Waals surface area contributed by atoms with Crippen LogP contribution in [0.1, 0.15) is 43.8 Å². The molecule has 1 unspecified atom stereocenters. The molecule has 162 valence electrons. The van der Waals surface area contributed by atoms with Crippen LogP contribution < -0.4 is 0 Å². The van der Waals surface area contributed by atoms with Crippen LogP contribution in [0.25, 0.3) is 10.1 Å². The SMILES string of the molecule is CC(C)OP(=O)(OC(C)C)C(Cc1ccc(O)c(F)c1)c1sc2ccccc2c1Br. The third kappa shape index (κ3) is 5.14. The summed E-state index contributed by atoms with van der Waals surface area (Å²) in [5, 5.41) is 10.6. The second kappa shape index (κ2) is 9.49. The van der Waals surface area contributed by atoms with Gasteiger partial charge >= 0.3 is 7.60 Å². The second-order valence-corrected chi connectivity index (χ2v) is 11.6. The van der Waals surface area contributed by atoms with Crippen LogP contribution in [0.15, 0.2) is 46.9 Å². The van der Waals surface area contributed by atoms with Crippen molar-refractivity contribution in [2.75, 3.05) is 0 Å². The normalized spacial score (nSPS) is 13.5. The van der Waals surface area contributed by atoms with E-state index in [2.05, 4.69) is 15.9 Å². The number of rotatable bonds is 8. The van der Waals surface area contributed by atoms with Crippen LogP contribution in [0.4, 0.5) is 4.39 Å². The molecular weight excluding hydrogens is 490 g/mol. The van der Waals surface area contributed by atoms with Crippen LogP contribution in [-0.2, 0) is 20.0 Å². The number of aromatic hydroxyl groups is 1. The molecule has 0 aliphatic heterocycles. The summed E-state index contributed by atoms with van der Waals surface area (Å²) in [4.78, 5) is 0.828. The van der Waals surface area contributed by atoms with Crippen molar-refractivity contribution in [3.63, 3.8) is 0 Å². The summed E-state index contributed by atoms with van der Waals surface area (Å²) < 4.78 is 41.8. The number of thiophene rings is 1. The maximum Gasteiger partial charge on any atom is 0.339 e. The molecular formula is C22H25BrFO4PS. The molecule has 0 fully saturated rings. The summed E-state index contributed by atoms with van der Waals surface area (Å²) in [7, 11) is -3.64. The fourth-order valence-corrected chi connectivity index (χ4v) is 8.43. The maximum atomic E-state index is 14.1.